The van der Waals surface area contributed by atoms with Crippen molar-refractivity contribution in [3.8, 4) is 5.75 Å². The molecule has 66 heavy (non-hydrogen) atoms. The highest BCUT2D eigenvalue weighted by molar-refractivity contribution is 7.09. The molecule has 0 aliphatic carbocycles. The summed E-state index contributed by atoms with van der Waals surface area (Å²) in [5.41, 5.74) is 5.38. The van der Waals surface area contributed by atoms with Crippen LogP contribution in [-0.4, -0.2) is 106 Å². The Morgan fingerprint density at radius 1 is 0.939 bits per heavy atom. The lowest BCUT2D eigenvalue weighted by Crippen LogP contribution is -2.50. The number of amides is 4. The molecule has 1 aromatic heterocycles. The van der Waals surface area contributed by atoms with E-state index in [1.54, 1.807) is 19.1 Å². The van der Waals surface area contributed by atoms with Crippen LogP contribution < -0.4 is 16.2 Å². The smallest absolute Gasteiger partial charge is 0.426 e. The fourth-order valence-corrected chi connectivity index (χ4v) is 8.85. The number of Topliss-reactive ketones (excluding diaryl/α,β-unsaturated/α-hetero) is 1. The van der Waals surface area contributed by atoms with Crippen LogP contribution >= 0.6 is 11.3 Å². The minimum Gasteiger partial charge on any atom is -0.508 e. The molecule has 1 saturated heterocycles. The number of aromatic hydroxyl groups is 1. The first kappa shape index (κ1) is 55.2. The number of carbonyl (C=O) groups excluding carboxylic acids is 7. The van der Waals surface area contributed by atoms with Gasteiger partial charge in [0.1, 0.15) is 16.5 Å². The highest BCUT2D eigenvalue weighted by Gasteiger charge is 2.40. The summed E-state index contributed by atoms with van der Waals surface area (Å²) >= 11 is 1.10. The number of carbonyl (C=O) groups is 7. The average Bonchev–Trinajstić information content (AvgIpc) is 3.76. The van der Waals surface area contributed by atoms with E-state index in [2.05, 4.69) is 26.1 Å². The van der Waals surface area contributed by atoms with Gasteiger partial charge in [-0.3, -0.25) is 39.1 Å². The minimum absolute atomic E-state index is 0.00418. The maximum absolute atomic E-state index is 15.0. The number of likely N-dealkylation sites (tertiary alicyclic amines) is 1. The first-order chi connectivity index (χ1) is 31.2. The predicted molar refractivity (Wildman–Crippen MR) is 250 cm³/mol. The fraction of sp³-hybridized carbons (Fsp3) is 0.667. The second kappa shape index (κ2) is 27.5. The predicted octanol–water partition coefficient (Wildman–Crippen LogP) is 6.88. The molecule has 3 rings (SSSR count). The van der Waals surface area contributed by atoms with Crippen LogP contribution in [0.15, 0.2) is 29.6 Å². The lowest BCUT2D eigenvalue weighted by Gasteiger charge is -2.39. The maximum atomic E-state index is 15.0. The van der Waals surface area contributed by atoms with E-state index in [1.165, 1.54) is 29.3 Å². The number of nitrogens with one attached hydrogen (secondary N) is 3. The molecule has 1 aromatic carbocycles. The number of phenolic OH excluding ortho intramolecular Hbond substituents is 1. The summed E-state index contributed by atoms with van der Waals surface area (Å²) in [6.07, 6.45) is 2.75. The number of rotatable bonds is 25. The Labute approximate surface area is 394 Å². The third kappa shape index (κ3) is 17.9. The SMILES string of the molecule is CCCOC(=O)NNC(=O)[C@@H](C)C[C@H](Cc1ccc(O)cc1)NC(=O)c1csc([C@H](C[C@H](C(C)C)N(COC(=O)CC(C)C)C(=O)[C@@H](CC(=O)[C@H]2CCCCN2C)C(C)CC)OC(C)=O)n1. The van der Waals surface area contributed by atoms with Crippen molar-refractivity contribution in [3.63, 3.8) is 0 Å². The summed E-state index contributed by atoms with van der Waals surface area (Å²) in [4.78, 5) is 102. The molecule has 4 N–H and O–H groups in total. The average molecular weight is 943 g/mol. The summed E-state index contributed by atoms with van der Waals surface area (Å²) in [6, 6.07) is 4.89. The van der Waals surface area contributed by atoms with Crippen LogP contribution in [0.4, 0.5) is 4.79 Å². The number of benzene rings is 1. The molecule has 0 saturated carbocycles. The maximum Gasteiger partial charge on any atom is 0.426 e. The lowest BCUT2D eigenvalue weighted by molar-refractivity contribution is -0.162. The number of hydrogen-bond donors (Lipinski definition) is 4. The van der Waals surface area contributed by atoms with E-state index < -0.39 is 59.9 Å². The van der Waals surface area contributed by atoms with Gasteiger partial charge in [0.2, 0.25) is 11.8 Å². The van der Waals surface area contributed by atoms with Crippen LogP contribution in [0.1, 0.15) is 147 Å². The van der Waals surface area contributed by atoms with Gasteiger partial charge in [0.05, 0.1) is 12.6 Å². The Balaban J connectivity index is 1.94. The van der Waals surface area contributed by atoms with E-state index in [1.807, 2.05) is 55.5 Å². The van der Waals surface area contributed by atoms with Gasteiger partial charge in [0, 0.05) is 55.5 Å². The standard InChI is InChI=1S/C48H74N6O11S/c1-11-21-63-48(62)52-51-44(59)32(8)23-35(24-34-16-18-36(56)19-17-34)49-45(60)38-27-66-46(50-38)42(65-33(9)55)26-40(30(5)6)54(28-64-43(58)22-29(3)4)47(61)37(31(7)12-2)25-41(57)39-15-13-14-20-53(39)10/h16-19,27,29-32,35,37,39-40,42,56H,11-15,20-26,28H2,1-10H3,(H,49,60)(H,51,59)(H,52,62)/t31?,32-,35+,37-,39+,40+,42-/m0/s1. The van der Waals surface area contributed by atoms with Crippen LogP contribution in [0.5, 0.6) is 5.75 Å². The Morgan fingerprint density at radius 3 is 2.24 bits per heavy atom. The van der Waals surface area contributed by atoms with E-state index in [0.29, 0.717) is 17.8 Å². The third-order valence-corrected chi connectivity index (χ3v) is 12.9. The fourth-order valence-electron chi connectivity index (χ4n) is 8.01. The lowest BCUT2D eigenvalue weighted by atomic mass is 9.82. The van der Waals surface area contributed by atoms with Crippen LogP contribution in [-0.2, 0) is 44.6 Å². The van der Waals surface area contributed by atoms with Crippen LogP contribution in [0.25, 0.3) is 0 Å². The number of piperidine rings is 1. The zero-order valence-electron chi connectivity index (χ0n) is 40.6. The van der Waals surface area contributed by atoms with Gasteiger partial charge in [-0.2, -0.15) is 0 Å². The Kier molecular flexibility index (Phi) is 23.0. The molecule has 17 nitrogen and oxygen atoms in total. The minimum atomic E-state index is -1.02. The van der Waals surface area contributed by atoms with Crippen molar-refractivity contribution in [1.82, 2.24) is 31.0 Å². The molecule has 0 spiro atoms. The number of likely N-dealkylation sites (N-methyl/N-ethyl adjacent to an activating group) is 1. The van der Waals surface area contributed by atoms with Crippen molar-refractivity contribution in [2.45, 2.75) is 151 Å². The zero-order chi connectivity index (χ0) is 49.1. The van der Waals surface area contributed by atoms with Crippen molar-refractivity contribution in [1.29, 1.82) is 0 Å². The quantitative estimate of drug-likeness (QED) is 0.0345. The van der Waals surface area contributed by atoms with Crippen molar-refractivity contribution in [2.75, 3.05) is 26.9 Å². The van der Waals surface area contributed by atoms with Gasteiger partial charge in [-0.15, -0.1) is 11.3 Å². The molecular weight excluding hydrogens is 869 g/mol. The molecule has 0 bridgehead atoms. The van der Waals surface area contributed by atoms with Crippen molar-refractivity contribution < 1.29 is 52.9 Å². The topological polar surface area (TPSA) is 223 Å². The van der Waals surface area contributed by atoms with Gasteiger partial charge in [-0.05, 0) is 81.1 Å². The molecule has 4 amide bonds. The monoisotopic (exact) mass is 943 g/mol. The number of nitrogens with zero attached hydrogens (tertiary/aromatic N) is 3. The van der Waals surface area contributed by atoms with Gasteiger partial charge >= 0.3 is 18.0 Å². The first-order valence-electron chi connectivity index (χ1n) is 23.4. The highest BCUT2D eigenvalue weighted by Crippen LogP contribution is 2.34. The normalized spacial score (nSPS) is 16.8. The number of ketones is 1. The highest BCUT2D eigenvalue weighted by atomic mass is 32.1. The van der Waals surface area contributed by atoms with Gasteiger partial charge in [-0.1, -0.05) is 80.4 Å². The van der Waals surface area contributed by atoms with Crippen molar-refractivity contribution in [2.24, 2.45) is 29.6 Å². The number of phenols is 1. The van der Waals surface area contributed by atoms with Crippen LogP contribution in [0.3, 0.4) is 0 Å². The Bertz CT molecular complexity index is 1910. The number of thiazole rings is 1. The van der Waals surface area contributed by atoms with Crippen molar-refractivity contribution in [3.05, 3.63) is 45.9 Å². The van der Waals surface area contributed by atoms with Gasteiger partial charge in [0.15, 0.2) is 18.6 Å². The van der Waals surface area contributed by atoms with Gasteiger partial charge < -0.3 is 29.5 Å². The third-order valence-electron chi connectivity index (χ3n) is 12.0. The number of esters is 2. The van der Waals surface area contributed by atoms with E-state index >= 15 is 0 Å². The molecule has 1 unspecified atom stereocenters. The van der Waals surface area contributed by atoms with E-state index in [0.717, 1.165) is 42.7 Å². The van der Waals surface area contributed by atoms with E-state index in [-0.39, 0.29) is 92.4 Å². The molecule has 18 heteroatoms. The van der Waals surface area contributed by atoms with Gasteiger partial charge in [-0.25, -0.2) is 15.2 Å². The zero-order valence-corrected chi connectivity index (χ0v) is 41.4. The van der Waals surface area contributed by atoms with Crippen LogP contribution in [0, 0.1) is 29.6 Å². The van der Waals surface area contributed by atoms with Crippen molar-refractivity contribution >= 4 is 52.9 Å². The Morgan fingerprint density at radius 2 is 1.64 bits per heavy atom. The summed E-state index contributed by atoms with van der Waals surface area (Å²) in [6.45, 7) is 16.9. The molecule has 2 aromatic rings. The van der Waals surface area contributed by atoms with E-state index in [4.69, 9.17) is 14.2 Å². The summed E-state index contributed by atoms with van der Waals surface area (Å²) in [5.74, 6) is -4.22. The van der Waals surface area contributed by atoms with E-state index in [9.17, 15) is 38.7 Å². The number of ether oxygens (including phenoxy) is 3. The molecule has 1 aliphatic rings. The molecule has 1 fully saturated rings. The molecule has 0 radical (unpaired) electrons. The molecule has 1 aliphatic heterocycles. The molecule has 368 valence electrons. The summed E-state index contributed by atoms with van der Waals surface area (Å²) in [5, 5.41) is 14.7. The molecular formula is C48H74N6O11S. The van der Waals surface area contributed by atoms with Crippen LogP contribution in [0.2, 0.25) is 0 Å². The number of hydrogen-bond acceptors (Lipinski definition) is 14. The largest absolute Gasteiger partial charge is 0.508 e. The molecule has 2 heterocycles. The first-order valence-corrected chi connectivity index (χ1v) is 24.2. The van der Waals surface area contributed by atoms with Gasteiger partial charge in [0.25, 0.3) is 5.91 Å². The second-order valence-corrected chi connectivity index (χ2v) is 19.2. The molecule has 7 atom stereocenters. The Hall–Kier alpha value is -5.10. The number of hydrazine groups is 1. The summed E-state index contributed by atoms with van der Waals surface area (Å²) < 4.78 is 16.6. The second-order valence-electron chi connectivity index (χ2n) is 18.4. The summed E-state index contributed by atoms with van der Waals surface area (Å²) in [7, 11) is 1.94. The number of aromatic nitrogens is 1.